The molecule has 1 N–H and O–H groups in total. The highest BCUT2D eigenvalue weighted by Crippen LogP contribution is 2.25. The molecular formula is C14H23N3. The molecule has 0 bridgehead atoms. The van der Waals surface area contributed by atoms with Crippen molar-refractivity contribution in [1.82, 2.24) is 9.97 Å². The maximum absolute atomic E-state index is 4.40. The van der Waals surface area contributed by atoms with Crippen LogP contribution in [0.3, 0.4) is 0 Å². The average molecular weight is 233 g/mol. The van der Waals surface area contributed by atoms with E-state index in [1.165, 1.54) is 30.5 Å². The molecule has 0 aromatic carbocycles. The third-order valence-corrected chi connectivity index (χ3v) is 3.44. The summed E-state index contributed by atoms with van der Waals surface area (Å²) in [5.74, 6) is 1.85. The zero-order valence-electron chi connectivity index (χ0n) is 11.2. The molecule has 3 heteroatoms. The normalized spacial score (nSPS) is 16.0. The Morgan fingerprint density at radius 3 is 2.76 bits per heavy atom. The first-order valence-electron chi connectivity index (χ1n) is 6.76. The molecule has 1 aromatic heterocycles. The van der Waals surface area contributed by atoms with E-state index in [-0.39, 0.29) is 0 Å². The lowest BCUT2D eigenvalue weighted by Crippen LogP contribution is -2.18. The predicted molar refractivity (Wildman–Crippen MR) is 71.2 cm³/mol. The largest absolute Gasteiger partial charge is 0.367 e. The van der Waals surface area contributed by atoms with E-state index in [0.717, 1.165) is 24.6 Å². The van der Waals surface area contributed by atoms with Crippen molar-refractivity contribution in [2.24, 2.45) is 5.92 Å². The number of aryl methyl sites for hydroxylation is 1. The van der Waals surface area contributed by atoms with Gasteiger partial charge in [0.2, 0.25) is 0 Å². The summed E-state index contributed by atoms with van der Waals surface area (Å²) < 4.78 is 0. The van der Waals surface area contributed by atoms with Gasteiger partial charge in [-0.1, -0.05) is 13.8 Å². The predicted octanol–water partition coefficient (Wildman–Crippen LogP) is 3.20. The number of nitrogens with zero attached hydrogens (tertiary/aromatic N) is 2. The van der Waals surface area contributed by atoms with Gasteiger partial charge in [-0.05, 0) is 44.9 Å². The second kappa shape index (κ2) is 5.48. The van der Waals surface area contributed by atoms with Crippen molar-refractivity contribution in [3.8, 4) is 0 Å². The summed E-state index contributed by atoms with van der Waals surface area (Å²) in [5.41, 5.74) is 2.60. The summed E-state index contributed by atoms with van der Waals surface area (Å²) >= 11 is 0. The fourth-order valence-corrected chi connectivity index (χ4v) is 2.37. The van der Waals surface area contributed by atoms with Gasteiger partial charge in [0.25, 0.3) is 0 Å². The van der Waals surface area contributed by atoms with Crippen molar-refractivity contribution in [1.29, 1.82) is 0 Å². The summed E-state index contributed by atoms with van der Waals surface area (Å²) in [6.45, 7) is 6.79. The Bertz CT molecular complexity index is 374. The SMILES string of the molecule is CC(C)CCC(C)Nc1ncnc2c1CCC2. The molecule has 0 radical (unpaired) electrons. The topological polar surface area (TPSA) is 37.8 Å². The van der Waals surface area contributed by atoms with Gasteiger partial charge in [0.15, 0.2) is 0 Å². The van der Waals surface area contributed by atoms with Crippen molar-refractivity contribution >= 4 is 5.82 Å². The fourth-order valence-electron chi connectivity index (χ4n) is 2.37. The number of nitrogens with one attached hydrogen (secondary N) is 1. The van der Waals surface area contributed by atoms with E-state index in [2.05, 4.69) is 36.1 Å². The first-order chi connectivity index (χ1) is 8.16. The van der Waals surface area contributed by atoms with Crippen LogP contribution in [0.2, 0.25) is 0 Å². The van der Waals surface area contributed by atoms with Gasteiger partial charge >= 0.3 is 0 Å². The number of rotatable bonds is 5. The first-order valence-corrected chi connectivity index (χ1v) is 6.76. The van der Waals surface area contributed by atoms with Crippen LogP contribution in [0.1, 0.15) is 51.3 Å². The van der Waals surface area contributed by atoms with Gasteiger partial charge in [-0.2, -0.15) is 0 Å². The Kier molecular flexibility index (Phi) is 3.97. The average Bonchev–Trinajstić information content (AvgIpc) is 2.75. The van der Waals surface area contributed by atoms with Crippen LogP contribution < -0.4 is 5.32 Å². The standard InChI is InChI=1S/C14H23N3/c1-10(2)7-8-11(3)17-14-12-5-4-6-13(12)15-9-16-14/h9-11H,4-8H2,1-3H3,(H,15,16,17). The van der Waals surface area contributed by atoms with Crippen LogP contribution in [0.5, 0.6) is 0 Å². The first kappa shape index (κ1) is 12.3. The maximum Gasteiger partial charge on any atom is 0.133 e. The lowest BCUT2D eigenvalue weighted by Gasteiger charge is -2.17. The monoisotopic (exact) mass is 233 g/mol. The number of hydrogen-bond donors (Lipinski definition) is 1. The van der Waals surface area contributed by atoms with Crippen LogP contribution in [0.15, 0.2) is 6.33 Å². The van der Waals surface area contributed by atoms with E-state index in [1.807, 2.05) is 0 Å². The summed E-state index contributed by atoms with van der Waals surface area (Å²) in [7, 11) is 0. The van der Waals surface area contributed by atoms with Gasteiger partial charge in [0.05, 0.1) is 0 Å². The zero-order valence-corrected chi connectivity index (χ0v) is 11.2. The van der Waals surface area contributed by atoms with E-state index in [1.54, 1.807) is 6.33 Å². The quantitative estimate of drug-likeness (QED) is 0.848. The molecule has 0 aliphatic heterocycles. The molecule has 1 aliphatic carbocycles. The van der Waals surface area contributed by atoms with Crippen molar-refractivity contribution in [2.45, 2.75) is 58.9 Å². The summed E-state index contributed by atoms with van der Waals surface area (Å²) in [4.78, 5) is 8.75. The summed E-state index contributed by atoms with van der Waals surface area (Å²) in [5, 5.41) is 3.55. The molecule has 1 heterocycles. The fraction of sp³-hybridized carbons (Fsp3) is 0.714. The highest BCUT2D eigenvalue weighted by molar-refractivity contribution is 5.48. The molecule has 94 valence electrons. The van der Waals surface area contributed by atoms with Crippen LogP contribution >= 0.6 is 0 Å². The molecule has 1 aliphatic rings. The van der Waals surface area contributed by atoms with Gasteiger partial charge in [-0.25, -0.2) is 9.97 Å². The Hall–Kier alpha value is -1.12. The minimum absolute atomic E-state index is 0.497. The number of hydrogen-bond acceptors (Lipinski definition) is 3. The minimum atomic E-state index is 0.497. The van der Waals surface area contributed by atoms with Crippen LogP contribution in [0.4, 0.5) is 5.82 Å². The second-order valence-electron chi connectivity index (χ2n) is 5.52. The molecular weight excluding hydrogens is 210 g/mol. The Morgan fingerprint density at radius 2 is 2.00 bits per heavy atom. The lowest BCUT2D eigenvalue weighted by molar-refractivity contribution is 0.527. The third-order valence-electron chi connectivity index (χ3n) is 3.44. The van der Waals surface area contributed by atoms with E-state index in [4.69, 9.17) is 0 Å². The van der Waals surface area contributed by atoms with Gasteiger partial charge in [0, 0.05) is 17.3 Å². The zero-order chi connectivity index (χ0) is 12.3. The molecule has 0 spiro atoms. The smallest absolute Gasteiger partial charge is 0.133 e. The lowest BCUT2D eigenvalue weighted by atomic mass is 10.0. The van der Waals surface area contributed by atoms with Gasteiger partial charge in [0.1, 0.15) is 12.1 Å². The van der Waals surface area contributed by atoms with Crippen LogP contribution in [0, 0.1) is 5.92 Å². The Balaban J connectivity index is 1.97. The van der Waals surface area contributed by atoms with Crippen LogP contribution in [0.25, 0.3) is 0 Å². The van der Waals surface area contributed by atoms with E-state index < -0.39 is 0 Å². The molecule has 17 heavy (non-hydrogen) atoms. The van der Waals surface area contributed by atoms with Gasteiger partial charge in [-0.15, -0.1) is 0 Å². The van der Waals surface area contributed by atoms with E-state index in [0.29, 0.717) is 6.04 Å². The molecule has 0 amide bonds. The summed E-state index contributed by atoms with van der Waals surface area (Å²) in [6.07, 6.45) is 7.64. The second-order valence-corrected chi connectivity index (χ2v) is 5.52. The number of anilines is 1. The molecule has 2 rings (SSSR count). The van der Waals surface area contributed by atoms with Gasteiger partial charge < -0.3 is 5.32 Å². The summed E-state index contributed by atoms with van der Waals surface area (Å²) in [6, 6.07) is 0.497. The number of fused-ring (bicyclic) bond motifs is 1. The maximum atomic E-state index is 4.40. The van der Waals surface area contributed by atoms with Crippen molar-refractivity contribution in [3.05, 3.63) is 17.6 Å². The Morgan fingerprint density at radius 1 is 1.18 bits per heavy atom. The molecule has 0 saturated heterocycles. The molecule has 3 nitrogen and oxygen atoms in total. The third kappa shape index (κ3) is 3.18. The van der Waals surface area contributed by atoms with Crippen molar-refractivity contribution in [2.75, 3.05) is 5.32 Å². The molecule has 1 unspecified atom stereocenters. The van der Waals surface area contributed by atoms with Crippen LogP contribution in [-0.2, 0) is 12.8 Å². The number of aromatic nitrogens is 2. The highest BCUT2D eigenvalue weighted by Gasteiger charge is 2.17. The Labute approximate surface area is 104 Å². The van der Waals surface area contributed by atoms with E-state index >= 15 is 0 Å². The minimum Gasteiger partial charge on any atom is -0.367 e. The van der Waals surface area contributed by atoms with Gasteiger partial charge in [-0.3, -0.25) is 0 Å². The highest BCUT2D eigenvalue weighted by atomic mass is 15.0. The van der Waals surface area contributed by atoms with Crippen molar-refractivity contribution in [3.63, 3.8) is 0 Å². The van der Waals surface area contributed by atoms with E-state index in [9.17, 15) is 0 Å². The van der Waals surface area contributed by atoms with Crippen molar-refractivity contribution < 1.29 is 0 Å². The molecule has 0 saturated carbocycles. The van der Waals surface area contributed by atoms with Crippen LogP contribution in [-0.4, -0.2) is 16.0 Å². The molecule has 0 fully saturated rings. The molecule has 1 atom stereocenters. The molecule has 1 aromatic rings.